The van der Waals surface area contributed by atoms with Gasteiger partial charge >= 0.3 is 0 Å². The van der Waals surface area contributed by atoms with E-state index < -0.39 is 0 Å². The van der Waals surface area contributed by atoms with Crippen LogP contribution in [0.5, 0.6) is 0 Å². The summed E-state index contributed by atoms with van der Waals surface area (Å²) < 4.78 is 6.21. The van der Waals surface area contributed by atoms with E-state index in [4.69, 9.17) is 4.74 Å². The summed E-state index contributed by atoms with van der Waals surface area (Å²) in [4.78, 5) is 8.68. The van der Waals surface area contributed by atoms with Gasteiger partial charge in [-0.2, -0.15) is 0 Å². The second-order valence-electron chi connectivity index (χ2n) is 6.44. The molecule has 2 unspecified atom stereocenters. The van der Waals surface area contributed by atoms with Crippen LogP contribution in [0.4, 0.5) is 0 Å². The highest BCUT2D eigenvalue weighted by molar-refractivity contribution is 5.10. The van der Waals surface area contributed by atoms with E-state index in [1.807, 2.05) is 6.20 Å². The van der Waals surface area contributed by atoms with Crippen LogP contribution in [0.3, 0.4) is 0 Å². The fraction of sp³-hybridized carbons (Fsp3) is 0.733. The molecule has 106 valence electrons. The molecule has 0 amide bonds. The Hall–Kier alpha value is -1.00. The lowest BCUT2D eigenvalue weighted by atomic mass is 9.80. The Labute approximate surface area is 116 Å². The topological polar surface area (TPSA) is 47.0 Å². The van der Waals surface area contributed by atoms with E-state index >= 15 is 0 Å². The van der Waals surface area contributed by atoms with Crippen LogP contribution in [0.1, 0.15) is 52.8 Å². The first kappa shape index (κ1) is 14.4. The van der Waals surface area contributed by atoms with E-state index in [1.165, 1.54) is 0 Å². The molecular weight excluding hydrogens is 238 g/mol. The van der Waals surface area contributed by atoms with Crippen LogP contribution >= 0.6 is 0 Å². The first-order chi connectivity index (χ1) is 8.86. The molecule has 2 rings (SSSR count). The van der Waals surface area contributed by atoms with Crippen molar-refractivity contribution in [3.05, 3.63) is 24.3 Å². The van der Waals surface area contributed by atoms with Crippen molar-refractivity contribution in [1.82, 2.24) is 15.3 Å². The molecule has 19 heavy (non-hydrogen) atoms. The minimum Gasteiger partial charge on any atom is -0.369 e. The Morgan fingerprint density at radius 2 is 2.11 bits per heavy atom. The molecule has 0 radical (unpaired) electrons. The lowest BCUT2D eigenvalue weighted by molar-refractivity contribution is -0.0779. The average molecular weight is 263 g/mol. The van der Waals surface area contributed by atoms with Crippen molar-refractivity contribution in [2.24, 2.45) is 5.92 Å². The quantitative estimate of drug-likeness (QED) is 0.907. The van der Waals surface area contributed by atoms with Gasteiger partial charge < -0.3 is 10.1 Å². The first-order valence-electron chi connectivity index (χ1n) is 7.05. The lowest BCUT2D eigenvalue weighted by Crippen LogP contribution is -2.39. The maximum absolute atomic E-state index is 6.21. The summed E-state index contributed by atoms with van der Waals surface area (Å²) in [6.07, 6.45) is 6.35. The van der Waals surface area contributed by atoms with Crippen LogP contribution in [-0.4, -0.2) is 27.7 Å². The molecule has 0 aliphatic carbocycles. The van der Waals surface area contributed by atoms with Crippen molar-refractivity contribution >= 4 is 0 Å². The summed E-state index contributed by atoms with van der Waals surface area (Å²) in [6.45, 7) is 11.7. The zero-order valence-corrected chi connectivity index (χ0v) is 12.6. The molecule has 4 heteroatoms. The summed E-state index contributed by atoms with van der Waals surface area (Å²) in [5.74, 6) is 0.388. The summed E-state index contributed by atoms with van der Waals surface area (Å²) in [5, 5.41) is 3.55. The number of hydrogen-bond donors (Lipinski definition) is 1. The molecular formula is C15H25N3O. The normalized spacial score (nSPS) is 26.3. The largest absolute Gasteiger partial charge is 0.369 e. The van der Waals surface area contributed by atoms with E-state index in [1.54, 1.807) is 12.4 Å². The first-order valence-corrected chi connectivity index (χ1v) is 7.05. The number of nitrogens with zero attached hydrogens (tertiary/aromatic N) is 2. The second kappa shape index (κ2) is 5.17. The standard InChI is InChI=1S/C15H25N3O/c1-6-17-13(12-10-16-7-8-18-12)11-9-14(2,3)19-15(11,4)5/h7-8,10-11,13,17H,6,9H2,1-5H3. The van der Waals surface area contributed by atoms with E-state index in [-0.39, 0.29) is 17.2 Å². The third-order valence-electron chi connectivity index (χ3n) is 3.87. The monoisotopic (exact) mass is 263 g/mol. The van der Waals surface area contributed by atoms with Gasteiger partial charge in [-0.3, -0.25) is 9.97 Å². The van der Waals surface area contributed by atoms with Crippen LogP contribution < -0.4 is 5.32 Å². The molecule has 1 N–H and O–H groups in total. The molecule has 0 spiro atoms. The van der Waals surface area contributed by atoms with Gasteiger partial charge in [-0.15, -0.1) is 0 Å². The Balaban J connectivity index is 2.30. The minimum absolute atomic E-state index is 0.0793. The fourth-order valence-corrected chi connectivity index (χ4v) is 3.27. The Morgan fingerprint density at radius 1 is 1.37 bits per heavy atom. The molecule has 0 saturated carbocycles. The zero-order valence-electron chi connectivity index (χ0n) is 12.6. The highest BCUT2D eigenvalue weighted by atomic mass is 16.5. The van der Waals surface area contributed by atoms with Crippen LogP contribution in [0, 0.1) is 5.92 Å². The van der Waals surface area contributed by atoms with Crippen molar-refractivity contribution in [2.75, 3.05) is 6.54 Å². The number of aromatic nitrogens is 2. The summed E-state index contributed by atoms with van der Waals surface area (Å²) in [7, 11) is 0. The molecule has 0 aromatic carbocycles. The Morgan fingerprint density at radius 3 is 2.58 bits per heavy atom. The third kappa shape index (κ3) is 3.12. The van der Waals surface area contributed by atoms with Gasteiger partial charge in [-0.05, 0) is 40.7 Å². The molecule has 4 nitrogen and oxygen atoms in total. The number of hydrogen-bond acceptors (Lipinski definition) is 4. The van der Waals surface area contributed by atoms with Gasteiger partial charge in [-0.25, -0.2) is 0 Å². The van der Waals surface area contributed by atoms with Gasteiger partial charge in [0.25, 0.3) is 0 Å². The third-order valence-corrected chi connectivity index (χ3v) is 3.87. The minimum atomic E-state index is -0.159. The molecule has 1 aliphatic rings. The van der Waals surface area contributed by atoms with Crippen molar-refractivity contribution in [3.63, 3.8) is 0 Å². The molecule has 1 aromatic heterocycles. The van der Waals surface area contributed by atoms with Gasteiger partial charge in [-0.1, -0.05) is 6.92 Å². The van der Waals surface area contributed by atoms with E-state index in [0.29, 0.717) is 5.92 Å². The molecule has 1 aromatic rings. The summed E-state index contributed by atoms with van der Waals surface area (Å²) in [5.41, 5.74) is 0.765. The van der Waals surface area contributed by atoms with Crippen LogP contribution in [0.2, 0.25) is 0 Å². The Kier molecular flexibility index (Phi) is 3.92. The van der Waals surface area contributed by atoms with Crippen LogP contribution in [0.25, 0.3) is 0 Å². The van der Waals surface area contributed by atoms with Crippen molar-refractivity contribution < 1.29 is 4.74 Å². The van der Waals surface area contributed by atoms with Crippen LogP contribution in [-0.2, 0) is 4.74 Å². The molecule has 1 fully saturated rings. The number of nitrogens with one attached hydrogen (secondary N) is 1. The number of ether oxygens (including phenoxy) is 1. The van der Waals surface area contributed by atoms with E-state index in [9.17, 15) is 0 Å². The highest BCUT2D eigenvalue weighted by Gasteiger charge is 2.49. The maximum atomic E-state index is 6.21. The van der Waals surface area contributed by atoms with E-state index in [2.05, 4.69) is 49.9 Å². The van der Waals surface area contributed by atoms with Gasteiger partial charge in [0.1, 0.15) is 0 Å². The summed E-state index contributed by atoms with van der Waals surface area (Å²) in [6, 6.07) is 0.190. The van der Waals surface area contributed by atoms with Crippen molar-refractivity contribution in [3.8, 4) is 0 Å². The number of rotatable bonds is 4. The zero-order chi connectivity index (χ0) is 14.1. The predicted molar refractivity (Wildman–Crippen MR) is 75.8 cm³/mol. The maximum Gasteiger partial charge on any atom is 0.0760 e. The molecule has 0 bridgehead atoms. The molecule has 2 heterocycles. The lowest BCUT2D eigenvalue weighted by Gasteiger charge is -2.33. The van der Waals surface area contributed by atoms with Gasteiger partial charge in [0.05, 0.1) is 22.9 Å². The van der Waals surface area contributed by atoms with Gasteiger partial charge in [0.2, 0.25) is 0 Å². The van der Waals surface area contributed by atoms with Gasteiger partial charge in [0.15, 0.2) is 0 Å². The fourth-order valence-electron chi connectivity index (χ4n) is 3.27. The molecule has 2 atom stereocenters. The van der Waals surface area contributed by atoms with Crippen molar-refractivity contribution in [2.45, 2.75) is 58.3 Å². The van der Waals surface area contributed by atoms with Gasteiger partial charge in [0, 0.05) is 24.5 Å². The Bertz CT molecular complexity index is 417. The second-order valence-corrected chi connectivity index (χ2v) is 6.44. The molecule has 1 saturated heterocycles. The summed E-state index contributed by atoms with van der Waals surface area (Å²) >= 11 is 0. The molecule has 1 aliphatic heterocycles. The smallest absolute Gasteiger partial charge is 0.0760 e. The van der Waals surface area contributed by atoms with Crippen LogP contribution in [0.15, 0.2) is 18.6 Å². The SMILES string of the molecule is CCNC(c1cnccn1)C1CC(C)(C)OC1(C)C. The predicted octanol–water partition coefficient (Wildman–Crippen LogP) is 2.72. The van der Waals surface area contributed by atoms with Crippen molar-refractivity contribution in [1.29, 1.82) is 0 Å². The highest BCUT2D eigenvalue weighted by Crippen LogP contribution is 2.47. The van der Waals surface area contributed by atoms with E-state index in [0.717, 1.165) is 18.7 Å². The average Bonchev–Trinajstić information content (AvgIpc) is 2.55.